The van der Waals surface area contributed by atoms with Crippen molar-refractivity contribution in [3.63, 3.8) is 0 Å². The van der Waals surface area contributed by atoms with E-state index in [-0.39, 0.29) is 11.2 Å². The van der Waals surface area contributed by atoms with Crippen molar-refractivity contribution in [3.8, 4) is 0 Å². The number of anilines is 1. The van der Waals surface area contributed by atoms with Gasteiger partial charge in [0, 0.05) is 11.1 Å². The van der Waals surface area contributed by atoms with Gasteiger partial charge >= 0.3 is 0 Å². The number of nitrogens with zero attached hydrogens (tertiary/aromatic N) is 2. The SMILES string of the molecule is CCSC(C)C(=O)Nc1cc(C)nn1Cc1ccc(Cl)cc1. The van der Waals surface area contributed by atoms with Gasteiger partial charge in [-0.3, -0.25) is 4.79 Å². The van der Waals surface area contributed by atoms with E-state index in [1.54, 1.807) is 16.4 Å². The quantitative estimate of drug-likeness (QED) is 0.867. The summed E-state index contributed by atoms with van der Waals surface area (Å²) >= 11 is 7.52. The average Bonchev–Trinajstić information content (AvgIpc) is 2.81. The van der Waals surface area contributed by atoms with E-state index in [1.807, 2.05) is 51.1 Å². The van der Waals surface area contributed by atoms with E-state index in [0.29, 0.717) is 11.6 Å². The minimum absolute atomic E-state index is 0.00380. The van der Waals surface area contributed by atoms with Crippen LogP contribution in [0.2, 0.25) is 5.02 Å². The minimum Gasteiger partial charge on any atom is -0.310 e. The monoisotopic (exact) mass is 337 g/mol. The molecule has 1 aromatic heterocycles. The Morgan fingerprint density at radius 3 is 2.73 bits per heavy atom. The largest absolute Gasteiger partial charge is 0.310 e. The summed E-state index contributed by atoms with van der Waals surface area (Å²) in [4.78, 5) is 12.2. The molecule has 0 saturated carbocycles. The summed E-state index contributed by atoms with van der Waals surface area (Å²) in [5.41, 5.74) is 1.96. The maximum absolute atomic E-state index is 12.2. The lowest BCUT2D eigenvalue weighted by Gasteiger charge is -2.12. The van der Waals surface area contributed by atoms with Crippen molar-refractivity contribution in [3.05, 3.63) is 46.6 Å². The van der Waals surface area contributed by atoms with Gasteiger partial charge < -0.3 is 5.32 Å². The highest BCUT2D eigenvalue weighted by Crippen LogP contribution is 2.17. The number of benzene rings is 1. The van der Waals surface area contributed by atoms with Crippen molar-refractivity contribution in [2.75, 3.05) is 11.1 Å². The van der Waals surface area contributed by atoms with Gasteiger partial charge in [0.1, 0.15) is 5.82 Å². The summed E-state index contributed by atoms with van der Waals surface area (Å²) in [7, 11) is 0. The zero-order valence-electron chi connectivity index (χ0n) is 13.0. The Bertz CT molecular complexity index is 639. The molecule has 0 aliphatic rings. The third-order valence-electron chi connectivity index (χ3n) is 3.18. The maximum atomic E-state index is 12.2. The molecule has 2 rings (SSSR count). The molecule has 1 N–H and O–H groups in total. The molecule has 22 heavy (non-hydrogen) atoms. The highest BCUT2D eigenvalue weighted by atomic mass is 35.5. The van der Waals surface area contributed by atoms with E-state index in [2.05, 4.69) is 10.4 Å². The predicted molar refractivity (Wildman–Crippen MR) is 93.7 cm³/mol. The number of rotatable bonds is 6. The standard InChI is InChI=1S/C16H20ClN3OS/c1-4-22-12(3)16(21)18-15-9-11(2)19-20(15)10-13-5-7-14(17)8-6-13/h5-9,12H,4,10H2,1-3H3,(H,18,21). The molecular formula is C16H20ClN3OS. The number of carbonyl (C=O) groups is 1. The molecule has 1 atom stereocenters. The van der Waals surface area contributed by atoms with Gasteiger partial charge in [-0.2, -0.15) is 5.10 Å². The smallest absolute Gasteiger partial charge is 0.238 e. The van der Waals surface area contributed by atoms with Crippen molar-refractivity contribution in [2.45, 2.75) is 32.6 Å². The second-order valence-corrected chi connectivity index (χ2v) is 7.10. The Labute approximate surface area is 140 Å². The van der Waals surface area contributed by atoms with Crippen LogP contribution in [0.15, 0.2) is 30.3 Å². The molecule has 0 fully saturated rings. The van der Waals surface area contributed by atoms with Crippen LogP contribution in [0.4, 0.5) is 5.82 Å². The fourth-order valence-electron chi connectivity index (χ4n) is 2.08. The van der Waals surface area contributed by atoms with Crippen LogP contribution in [0.3, 0.4) is 0 Å². The predicted octanol–water partition coefficient (Wildman–Crippen LogP) is 3.97. The number of aromatic nitrogens is 2. The Morgan fingerprint density at radius 2 is 2.09 bits per heavy atom. The van der Waals surface area contributed by atoms with E-state index in [4.69, 9.17) is 11.6 Å². The topological polar surface area (TPSA) is 46.9 Å². The molecule has 1 heterocycles. The van der Waals surface area contributed by atoms with E-state index in [1.165, 1.54) is 0 Å². The lowest BCUT2D eigenvalue weighted by atomic mass is 10.2. The summed E-state index contributed by atoms with van der Waals surface area (Å²) in [5.74, 6) is 1.64. The number of halogens is 1. The van der Waals surface area contributed by atoms with Crippen LogP contribution in [0.25, 0.3) is 0 Å². The van der Waals surface area contributed by atoms with Crippen LogP contribution < -0.4 is 5.32 Å². The van der Waals surface area contributed by atoms with Gasteiger partial charge in [0.15, 0.2) is 0 Å². The van der Waals surface area contributed by atoms with Gasteiger partial charge in [0.25, 0.3) is 0 Å². The number of amides is 1. The van der Waals surface area contributed by atoms with Gasteiger partial charge in [-0.25, -0.2) is 4.68 Å². The number of nitrogens with one attached hydrogen (secondary N) is 1. The molecule has 1 amide bonds. The molecule has 0 radical (unpaired) electrons. The zero-order valence-corrected chi connectivity index (χ0v) is 14.5. The lowest BCUT2D eigenvalue weighted by molar-refractivity contribution is -0.115. The molecule has 118 valence electrons. The van der Waals surface area contributed by atoms with Crippen molar-refractivity contribution in [2.24, 2.45) is 0 Å². The Balaban J connectivity index is 2.12. The Hall–Kier alpha value is -1.46. The van der Waals surface area contributed by atoms with Crippen molar-refractivity contribution in [1.29, 1.82) is 0 Å². The summed E-state index contributed by atoms with van der Waals surface area (Å²) in [6.07, 6.45) is 0. The van der Waals surface area contributed by atoms with Gasteiger partial charge in [-0.15, -0.1) is 11.8 Å². The fraction of sp³-hybridized carbons (Fsp3) is 0.375. The first-order valence-electron chi connectivity index (χ1n) is 7.21. The molecule has 1 unspecified atom stereocenters. The summed E-state index contributed by atoms with van der Waals surface area (Å²) in [6.45, 7) is 6.47. The number of hydrogen-bond donors (Lipinski definition) is 1. The molecule has 0 saturated heterocycles. The molecule has 1 aromatic carbocycles. The van der Waals surface area contributed by atoms with Gasteiger partial charge in [0.05, 0.1) is 17.5 Å². The van der Waals surface area contributed by atoms with E-state index >= 15 is 0 Å². The minimum atomic E-state index is -0.0795. The van der Waals surface area contributed by atoms with E-state index < -0.39 is 0 Å². The summed E-state index contributed by atoms with van der Waals surface area (Å²) in [5, 5.41) is 8.04. The Kier molecular flexibility index (Phi) is 5.91. The highest BCUT2D eigenvalue weighted by Gasteiger charge is 2.15. The first kappa shape index (κ1) is 16.9. The van der Waals surface area contributed by atoms with Crippen molar-refractivity contribution < 1.29 is 4.79 Å². The lowest BCUT2D eigenvalue weighted by Crippen LogP contribution is -2.24. The molecule has 0 bridgehead atoms. The molecule has 0 aliphatic heterocycles. The van der Waals surface area contributed by atoms with Crippen LogP contribution >= 0.6 is 23.4 Å². The third kappa shape index (κ3) is 4.52. The molecular weight excluding hydrogens is 318 g/mol. The summed E-state index contributed by atoms with van der Waals surface area (Å²) in [6, 6.07) is 9.51. The van der Waals surface area contributed by atoms with Gasteiger partial charge in [-0.1, -0.05) is 30.7 Å². The molecule has 0 aliphatic carbocycles. The van der Waals surface area contributed by atoms with Gasteiger partial charge in [-0.05, 0) is 37.3 Å². The van der Waals surface area contributed by atoms with Crippen molar-refractivity contribution >= 4 is 35.1 Å². The molecule has 2 aromatic rings. The van der Waals surface area contributed by atoms with E-state index in [9.17, 15) is 4.79 Å². The van der Waals surface area contributed by atoms with Crippen molar-refractivity contribution in [1.82, 2.24) is 9.78 Å². The summed E-state index contributed by atoms with van der Waals surface area (Å²) < 4.78 is 1.81. The van der Waals surface area contributed by atoms with Crippen LogP contribution in [-0.2, 0) is 11.3 Å². The van der Waals surface area contributed by atoms with Crippen LogP contribution in [0.5, 0.6) is 0 Å². The Morgan fingerprint density at radius 1 is 1.41 bits per heavy atom. The fourth-order valence-corrected chi connectivity index (χ4v) is 2.92. The molecule has 4 nitrogen and oxygen atoms in total. The molecule has 6 heteroatoms. The van der Waals surface area contributed by atoms with Crippen LogP contribution in [0.1, 0.15) is 25.1 Å². The van der Waals surface area contributed by atoms with Crippen LogP contribution in [-0.4, -0.2) is 26.7 Å². The first-order chi connectivity index (χ1) is 10.5. The number of aryl methyl sites for hydroxylation is 1. The number of thioether (sulfide) groups is 1. The number of hydrogen-bond acceptors (Lipinski definition) is 3. The van der Waals surface area contributed by atoms with Gasteiger partial charge in [0.2, 0.25) is 5.91 Å². The first-order valence-corrected chi connectivity index (χ1v) is 8.63. The third-order valence-corrected chi connectivity index (χ3v) is 4.48. The highest BCUT2D eigenvalue weighted by molar-refractivity contribution is 8.00. The second kappa shape index (κ2) is 7.70. The number of carbonyl (C=O) groups excluding carboxylic acids is 1. The van der Waals surface area contributed by atoms with E-state index in [0.717, 1.165) is 22.8 Å². The maximum Gasteiger partial charge on any atom is 0.238 e. The normalized spacial score (nSPS) is 12.2. The molecule has 0 spiro atoms. The van der Waals surface area contributed by atoms with Crippen LogP contribution in [0, 0.1) is 6.92 Å². The zero-order chi connectivity index (χ0) is 16.1. The second-order valence-electron chi connectivity index (χ2n) is 5.04. The average molecular weight is 338 g/mol.